The van der Waals surface area contributed by atoms with Crippen molar-refractivity contribution >= 4 is 18.0 Å². The number of fused-ring (bicyclic) bond motifs is 1. The Morgan fingerprint density at radius 2 is 1.74 bits per heavy atom. The van der Waals surface area contributed by atoms with Crippen molar-refractivity contribution in [1.82, 2.24) is 24.3 Å². The fourth-order valence-corrected chi connectivity index (χ4v) is 4.74. The Kier molecular flexibility index (Phi) is 5.84. The Balaban J connectivity index is 1.72. The summed E-state index contributed by atoms with van der Waals surface area (Å²) in [5.74, 6) is 0.529. The fourth-order valence-electron chi connectivity index (χ4n) is 4.74. The van der Waals surface area contributed by atoms with E-state index in [2.05, 4.69) is 4.98 Å². The van der Waals surface area contributed by atoms with Gasteiger partial charge >= 0.3 is 12.1 Å². The smallest absolute Gasteiger partial charge is 0.408 e. The van der Waals surface area contributed by atoms with Gasteiger partial charge in [0.05, 0.1) is 18.4 Å². The van der Waals surface area contributed by atoms with E-state index in [-0.39, 0.29) is 18.0 Å². The number of rotatable bonds is 3. The molecule has 9 nitrogen and oxygen atoms in total. The molecule has 1 aromatic rings. The number of piperidine rings is 1. The predicted molar refractivity (Wildman–Crippen MR) is 116 cm³/mol. The van der Waals surface area contributed by atoms with Gasteiger partial charge in [0.25, 0.3) is 0 Å². The van der Waals surface area contributed by atoms with Crippen LogP contribution in [-0.4, -0.2) is 78.1 Å². The SMILES string of the molecule is Cc1ncc2n1C(=O)N(C1CCN(C(=O)[C@H](N(C(=O)O)C(C)(C)C)C(C)(C)C)CC1)C2. The molecule has 9 heteroatoms. The lowest BCUT2D eigenvalue weighted by Gasteiger charge is -2.47. The van der Waals surface area contributed by atoms with E-state index in [1.165, 1.54) is 4.90 Å². The zero-order valence-electron chi connectivity index (χ0n) is 19.7. The highest BCUT2D eigenvalue weighted by Crippen LogP contribution is 2.33. The van der Waals surface area contributed by atoms with Gasteiger partial charge in [-0.15, -0.1) is 0 Å². The van der Waals surface area contributed by atoms with Crippen LogP contribution < -0.4 is 0 Å². The lowest BCUT2D eigenvalue weighted by Crippen LogP contribution is -2.63. The Morgan fingerprint density at radius 1 is 1.16 bits per heavy atom. The molecule has 0 bridgehead atoms. The summed E-state index contributed by atoms with van der Waals surface area (Å²) in [4.78, 5) is 47.6. The van der Waals surface area contributed by atoms with Crippen LogP contribution in [0, 0.1) is 12.3 Å². The van der Waals surface area contributed by atoms with Gasteiger partial charge in [-0.05, 0) is 46.0 Å². The van der Waals surface area contributed by atoms with Gasteiger partial charge in [-0.2, -0.15) is 0 Å². The molecule has 0 aromatic carbocycles. The van der Waals surface area contributed by atoms with E-state index in [0.717, 1.165) is 5.69 Å². The number of hydrogen-bond donors (Lipinski definition) is 1. The molecule has 3 amide bonds. The van der Waals surface area contributed by atoms with Crippen LogP contribution in [0.2, 0.25) is 0 Å². The lowest BCUT2D eigenvalue weighted by molar-refractivity contribution is -0.144. The summed E-state index contributed by atoms with van der Waals surface area (Å²) in [6.45, 7) is 14.5. The van der Waals surface area contributed by atoms with E-state index in [1.807, 2.05) is 53.4 Å². The molecule has 1 aromatic heterocycles. The lowest BCUT2D eigenvalue weighted by atomic mass is 9.82. The van der Waals surface area contributed by atoms with Gasteiger partial charge in [-0.3, -0.25) is 14.3 Å². The topological polar surface area (TPSA) is 99.0 Å². The minimum Gasteiger partial charge on any atom is -0.465 e. The first-order chi connectivity index (χ1) is 14.2. The number of aryl methyl sites for hydroxylation is 1. The molecule has 2 aliphatic rings. The summed E-state index contributed by atoms with van der Waals surface area (Å²) in [5.41, 5.74) is -0.367. The minimum atomic E-state index is -1.09. The van der Waals surface area contributed by atoms with E-state index >= 15 is 0 Å². The molecule has 1 saturated heterocycles. The second-order valence-corrected chi connectivity index (χ2v) is 10.7. The Bertz CT molecular complexity index is 871. The van der Waals surface area contributed by atoms with Crippen molar-refractivity contribution in [1.29, 1.82) is 0 Å². The van der Waals surface area contributed by atoms with E-state index in [4.69, 9.17) is 0 Å². The first kappa shape index (κ1) is 23.1. The average molecular weight is 434 g/mol. The van der Waals surface area contributed by atoms with Crippen molar-refractivity contribution in [3.63, 3.8) is 0 Å². The summed E-state index contributed by atoms with van der Waals surface area (Å²) in [6, 6.07) is -0.779. The number of nitrogens with zero attached hydrogens (tertiary/aromatic N) is 5. The highest BCUT2D eigenvalue weighted by Gasteiger charge is 2.46. The van der Waals surface area contributed by atoms with Crippen molar-refractivity contribution in [2.24, 2.45) is 5.41 Å². The molecular weight excluding hydrogens is 398 g/mol. The second kappa shape index (κ2) is 7.84. The average Bonchev–Trinajstić information content (AvgIpc) is 3.17. The molecule has 1 fully saturated rings. The van der Waals surface area contributed by atoms with Gasteiger partial charge in [0.15, 0.2) is 0 Å². The maximum atomic E-state index is 13.5. The van der Waals surface area contributed by atoms with Crippen LogP contribution in [-0.2, 0) is 11.3 Å². The normalized spacial score (nSPS) is 18.9. The van der Waals surface area contributed by atoms with Gasteiger partial charge in [-0.25, -0.2) is 14.6 Å². The number of hydrogen-bond acceptors (Lipinski definition) is 4. The largest absolute Gasteiger partial charge is 0.465 e. The first-order valence-corrected chi connectivity index (χ1v) is 10.9. The molecule has 31 heavy (non-hydrogen) atoms. The van der Waals surface area contributed by atoms with Gasteiger partial charge < -0.3 is 14.9 Å². The van der Waals surface area contributed by atoms with E-state index in [9.17, 15) is 19.5 Å². The van der Waals surface area contributed by atoms with Crippen LogP contribution in [0.3, 0.4) is 0 Å². The van der Waals surface area contributed by atoms with Gasteiger partial charge in [0.1, 0.15) is 11.9 Å². The standard InChI is InChI=1S/C22H35N5O4/c1-14-23-12-16-13-25(19(29)26(14)16)15-8-10-24(11-9-15)18(28)17(21(2,3)4)27(20(30)31)22(5,6)7/h12,15,17H,8-11,13H2,1-7H3,(H,30,31)/t17-/m0/s1. The Morgan fingerprint density at radius 3 is 2.19 bits per heavy atom. The van der Waals surface area contributed by atoms with Crippen LogP contribution in [0.15, 0.2) is 6.20 Å². The maximum absolute atomic E-state index is 13.5. The number of imidazole rings is 1. The third-order valence-electron chi connectivity index (χ3n) is 6.24. The summed E-state index contributed by atoms with van der Waals surface area (Å²) in [6.07, 6.45) is 2.00. The number of carboxylic acid groups (broad SMARTS) is 1. The minimum absolute atomic E-state index is 0.0490. The molecule has 0 aliphatic carbocycles. The molecular formula is C22H35N5O4. The zero-order chi connectivity index (χ0) is 23.3. The first-order valence-electron chi connectivity index (χ1n) is 10.9. The molecule has 0 saturated carbocycles. The van der Waals surface area contributed by atoms with Crippen molar-refractivity contribution < 1.29 is 19.5 Å². The van der Waals surface area contributed by atoms with Crippen molar-refractivity contribution in [3.05, 3.63) is 17.7 Å². The fraction of sp³-hybridized carbons (Fsp3) is 0.727. The van der Waals surface area contributed by atoms with Crippen molar-refractivity contribution in [2.75, 3.05) is 13.1 Å². The number of aromatic nitrogens is 2. The summed E-state index contributed by atoms with van der Waals surface area (Å²) >= 11 is 0. The van der Waals surface area contributed by atoms with Crippen LogP contribution in [0.4, 0.5) is 9.59 Å². The molecule has 0 spiro atoms. The van der Waals surface area contributed by atoms with Crippen LogP contribution >= 0.6 is 0 Å². The van der Waals surface area contributed by atoms with Crippen LogP contribution in [0.5, 0.6) is 0 Å². The molecule has 3 rings (SSSR count). The quantitative estimate of drug-likeness (QED) is 0.789. The number of carbonyl (C=O) groups is 3. The third-order valence-corrected chi connectivity index (χ3v) is 6.24. The van der Waals surface area contributed by atoms with E-state index in [0.29, 0.717) is 38.3 Å². The predicted octanol–water partition coefficient (Wildman–Crippen LogP) is 3.16. The third kappa shape index (κ3) is 4.27. The highest BCUT2D eigenvalue weighted by atomic mass is 16.4. The number of carbonyl (C=O) groups excluding carboxylic acids is 2. The molecule has 3 heterocycles. The van der Waals surface area contributed by atoms with Crippen LogP contribution in [0.25, 0.3) is 0 Å². The van der Waals surface area contributed by atoms with E-state index < -0.39 is 23.1 Å². The van der Waals surface area contributed by atoms with E-state index in [1.54, 1.807) is 15.7 Å². The number of amides is 3. The molecule has 0 unspecified atom stereocenters. The second-order valence-electron chi connectivity index (χ2n) is 10.7. The summed E-state index contributed by atoms with van der Waals surface area (Å²) < 4.78 is 1.65. The molecule has 172 valence electrons. The van der Waals surface area contributed by atoms with Gasteiger partial charge in [0, 0.05) is 24.7 Å². The molecule has 2 aliphatic heterocycles. The maximum Gasteiger partial charge on any atom is 0.408 e. The Labute approximate surface area is 184 Å². The number of likely N-dealkylation sites (tertiary alicyclic amines) is 1. The summed E-state index contributed by atoms with van der Waals surface area (Å²) in [5, 5.41) is 9.90. The molecule has 1 N–H and O–H groups in total. The zero-order valence-corrected chi connectivity index (χ0v) is 19.7. The Hall–Kier alpha value is -2.58. The van der Waals surface area contributed by atoms with Gasteiger partial charge in [-0.1, -0.05) is 20.8 Å². The molecule has 1 atom stereocenters. The molecule has 0 radical (unpaired) electrons. The van der Waals surface area contributed by atoms with Crippen molar-refractivity contribution in [2.45, 2.75) is 85.5 Å². The highest BCUT2D eigenvalue weighted by molar-refractivity contribution is 5.87. The van der Waals surface area contributed by atoms with Gasteiger partial charge in [0.2, 0.25) is 5.91 Å². The summed E-state index contributed by atoms with van der Waals surface area (Å²) in [7, 11) is 0. The van der Waals surface area contributed by atoms with Crippen LogP contribution in [0.1, 0.15) is 65.9 Å². The monoisotopic (exact) mass is 433 g/mol. The van der Waals surface area contributed by atoms with Crippen molar-refractivity contribution in [3.8, 4) is 0 Å².